The van der Waals surface area contributed by atoms with Crippen LogP contribution in [0.1, 0.15) is 0 Å². The molecule has 0 aromatic rings. The molecule has 0 aliphatic heterocycles. The van der Waals surface area contributed by atoms with Crippen LogP contribution < -0.4 is 0 Å². The van der Waals surface area contributed by atoms with Gasteiger partial charge in [-0.3, -0.25) is 0 Å². The number of thiol groups is 4. The first-order chi connectivity index (χ1) is 9.78. The minimum absolute atomic E-state index is 0.664. The van der Waals surface area contributed by atoms with E-state index in [1.807, 2.05) is 23.5 Å². The van der Waals surface area contributed by atoms with Crippen LogP contribution in [-0.4, -0.2) is 68.0 Å². The van der Waals surface area contributed by atoms with Crippen LogP contribution >= 0.6 is 97.6 Å². The number of rotatable bonds is 15. The van der Waals surface area contributed by atoms with E-state index < -0.39 is 0 Å². The van der Waals surface area contributed by atoms with Gasteiger partial charge < -0.3 is 0 Å². The van der Waals surface area contributed by atoms with Crippen LogP contribution in [0.3, 0.4) is 0 Å². The van der Waals surface area contributed by atoms with E-state index in [9.17, 15) is 0 Å². The zero-order valence-corrected chi connectivity index (χ0v) is 18.5. The SMILES string of the molecule is SCCSCC(CS)SCC(CSCCS)SCCS. The molecule has 0 rings (SSSR count). The molecule has 8 heteroatoms. The van der Waals surface area contributed by atoms with Crippen molar-refractivity contribution in [3.63, 3.8) is 0 Å². The lowest BCUT2D eigenvalue weighted by molar-refractivity contribution is 1.10. The van der Waals surface area contributed by atoms with E-state index in [4.69, 9.17) is 0 Å². The largest absolute Gasteiger partial charge is 0.179 e. The molecule has 0 aromatic carbocycles. The molecular formula is C12H26S8. The second-order valence-electron chi connectivity index (χ2n) is 3.95. The van der Waals surface area contributed by atoms with Gasteiger partial charge in [-0.25, -0.2) is 0 Å². The standard InChI is InChI=1S/C12H26S8/c13-1-4-17-8-11(7-16)20-10-12(19-6-3-15)9-18-5-2-14/h11-16H,1-10H2. The Bertz CT molecular complexity index is 192. The maximum Gasteiger partial charge on any atom is 0.0229 e. The van der Waals surface area contributed by atoms with Crippen LogP contribution in [0.25, 0.3) is 0 Å². The van der Waals surface area contributed by atoms with E-state index in [1.54, 1.807) is 0 Å². The van der Waals surface area contributed by atoms with Gasteiger partial charge in [0.2, 0.25) is 0 Å². The van der Waals surface area contributed by atoms with Gasteiger partial charge in [-0.15, -0.1) is 0 Å². The Hall–Kier alpha value is 2.80. The zero-order chi connectivity index (χ0) is 15.1. The van der Waals surface area contributed by atoms with Crippen LogP contribution in [0.5, 0.6) is 0 Å². The third kappa shape index (κ3) is 14.4. The van der Waals surface area contributed by atoms with Crippen LogP contribution in [0.4, 0.5) is 0 Å². The molecule has 0 saturated carbocycles. The van der Waals surface area contributed by atoms with Crippen molar-refractivity contribution in [3.8, 4) is 0 Å². The third-order valence-corrected chi connectivity index (χ3v) is 10.1. The molecule has 0 bridgehead atoms. The fourth-order valence-electron chi connectivity index (χ4n) is 1.32. The maximum atomic E-state index is 4.49. The van der Waals surface area contributed by atoms with Crippen LogP contribution in [0, 0.1) is 0 Å². The Morgan fingerprint density at radius 3 is 1.65 bits per heavy atom. The van der Waals surface area contributed by atoms with Crippen LogP contribution in [0.2, 0.25) is 0 Å². The normalized spacial score (nSPS) is 14.4. The van der Waals surface area contributed by atoms with E-state index in [1.165, 1.54) is 17.3 Å². The summed E-state index contributed by atoms with van der Waals surface area (Å²) in [6.07, 6.45) is 0. The second kappa shape index (κ2) is 18.1. The number of hydrogen-bond donors (Lipinski definition) is 4. The molecule has 0 amide bonds. The van der Waals surface area contributed by atoms with E-state index in [0.717, 1.165) is 45.5 Å². The van der Waals surface area contributed by atoms with E-state index in [-0.39, 0.29) is 0 Å². The summed E-state index contributed by atoms with van der Waals surface area (Å²) in [4.78, 5) is 0. The Kier molecular flexibility index (Phi) is 20.7. The minimum atomic E-state index is 0.664. The van der Waals surface area contributed by atoms with Crippen molar-refractivity contribution in [3.05, 3.63) is 0 Å². The number of thioether (sulfide) groups is 4. The number of hydrogen-bond acceptors (Lipinski definition) is 8. The molecule has 122 valence electrons. The molecule has 0 nitrogen and oxygen atoms in total. The topological polar surface area (TPSA) is 0 Å². The summed E-state index contributed by atoms with van der Waals surface area (Å²) in [5.74, 6) is 11.0. The highest BCUT2D eigenvalue weighted by atomic mass is 32.2. The Morgan fingerprint density at radius 2 is 1.15 bits per heavy atom. The molecule has 2 unspecified atom stereocenters. The van der Waals surface area contributed by atoms with Gasteiger partial charge in [0, 0.05) is 50.8 Å². The van der Waals surface area contributed by atoms with Crippen molar-refractivity contribution in [2.75, 3.05) is 57.5 Å². The van der Waals surface area contributed by atoms with E-state index >= 15 is 0 Å². The van der Waals surface area contributed by atoms with Gasteiger partial charge in [-0.05, 0) is 17.3 Å². The van der Waals surface area contributed by atoms with Gasteiger partial charge in [0.25, 0.3) is 0 Å². The predicted molar refractivity (Wildman–Crippen MR) is 123 cm³/mol. The lowest BCUT2D eigenvalue weighted by Gasteiger charge is -2.19. The van der Waals surface area contributed by atoms with Crippen molar-refractivity contribution >= 4 is 97.6 Å². The molecule has 0 heterocycles. The molecule has 0 aliphatic rings. The van der Waals surface area contributed by atoms with Gasteiger partial charge in [0.15, 0.2) is 0 Å². The first-order valence-corrected chi connectivity index (χ1v) is 13.5. The Morgan fingerprint density at radius 1 is 0.600 bits per heavy atom. The van der Waals surface area contributed by atoms with Gasteiger partial charge >= 0.3 is 0 Å². The second-order valence-corrected chi connectivity index (χ2v) is 10.7. The fraction of sp³-hybridized carbons (Fsp3) is 1.00. The first-order valence-electron chi connectivity index (χ1n) is 6.60. The van der Waals surface area contributed by atoms with Gasteiger partial charge in [-0.2, -0.15) is 97.6 Å². The summed E-state index contributed by atoms with van der Waals surface area (Å²) < 4.78 is 0. The van der Waals surface area contributed by atoms with Gasteiger partial charge in [0.05, 0.1) is 0 Å². The van der Waals surface area contributed by atoms with Gasteiger partial charge in [-0.1, -0.05) is 0 Å². The van der Waals surface area contributed by atoms with Crippen LogP contribution in [-0.2, 0) is 0 Å². The van der Waals surface area contributed by atoms with Crippen molar-refractivity contribution in [1.82, 2.24) is 0 Å². The first kappa shape index (κ1) is 22.8. The highest BCUT2D eigenvalue weighted by Crippen LogP contribution is 2.25. The summed E-state index contributed by atoms with van der Waals surface area (Å²) in [7, 11) is 0. The molecule has 2 atom stereocenters. The average molecular weight is 427 g/mol. The molecule has 0 fully saturated rings. The molecule has 20 heavy (non-hydrogen) atoms. The average Bonchev–Trinajstić information content (AvgIpc) is 2.47. The summed E-state index contributed by atoms with van der Waals surface area (Å²) in [6.45, 7) is 0. The van der Waals surface area contributed by atoms with Crippen molar-refractivity contribution in [2.24, 2.45) is 0 Å². The molecule has 0 aliphatic carbocycles. The summed E-state index contributed by atoms with van der Waals surface area (Å²) >= 11 is 25.5. The summed E-state index contributed by atoms with van der Waals surface area (Å²) in [5.41, 5.74) is 0. The lowest BCUT2D eigenvalue weighted by Crippen LogP contribution is -2.17. The monoisotopic (exact) mass is 426 g/mol. The minimum Gasteiger partial charge on any atom is -0.179 e. The Labute approximate surface area is 164 Å². The van der Waals surface area contributed by atoms with E-state index in [0.29, 0.717) is 5.25 Å². The third-order valence-electron chi connectivity index (χ3n) is 2.25. The molecule has 0 aromatic heterocycles. The van der Waals surface area contributed by atoms with E-state index in [2.05, 4.69) is 74.0 Å². The maximum absolute atomic E-state index is 4.49. The molecule has 0 radical (unpaired) electrons. The van der Waals surface area contributed by atoms with Crippen LogP contribution in [0.15, 0.2) is 0 Å². The molecule has 0 N–H and O–H groups in total. The zero-order valence-electron chi connectivity index (χ0n) is 11.6. The highest BCUT2D eigenvalue weighted by Gasteiger charge is 2.14. The summed E-state index contributed by atoms with van der Waals surface area (Å²) in [6, 6.07) is 0. The predicted octanol–water partition coefficient (Wildman–Crippen LogP) is 4.38. The van der Waals surface area contributed by atoms with Gasteiger partial charge in [0.1, 0.15) is 0 Å². The quantitative estimate of drug-likeness (QED) is 0.226. The van der Waals surface area contributed by atoms with Crippen molar-refractivity contribution in [2.45, 2.75) is 10.5 Å². The molecule has 0 spiro atoms. The fourth-order valence-corrected chi connectivity index (χ4v) is 7.65. The Balaban J connectivity index is 3.92. The smallest absolute Gasteiger partial charge is 0.0229 e. The highest BCUT2D eigenvalue weighted by molar-refractivity contribution is 8.06. The van der Waals surface area contributed by atoms with Crippen molar-refractivity contribution in [1.29, 1.82) is 0 Å². The molecular weight excluding hydrogens is 401 g/mol. The lowest BCUT2D eigenvalue weighted by atomic mass is 10.5. The van der Waals surface area contributed by atoms with Crippen molar-refractivity contribution < 1.29 is 0 Å². The molecule has 0 saturated heterocycles. The summed E-state index contributed by atoms with van der Waals surface area (Å²) in [5, 5.41) is 1.39.